The Balaban J connectivity index is 0.000000191. The highest BCUT2D eigenvalue weighted by Gasteiger charge is 2.11. The van der Waals surface area contributed by atoms with Crippen molar-refractivity contribution in [3.05, 3.63) is 0 Å². The summed E-state index contributed by atoms with van der Waals surface area (Å²) in [5.41, 5.74) is 0. The van der Waals surface area contributed by atoms with Crippen molar-refractivity contribution in [2.75, 3.05) is 72.6 Å². The van der Waals surface area contributed by atoms with Gasteiger partial charge in [0.05, 0.1) is 13.2 Å². The quantitative estimate of drug-likeness (QED) is 0.769. The lowest BCUT2D eigenvalue weighted by Crippen LogP contribution is -2.44. The number of hydrogen-bond acceptors (Lipinski definition) is 4. The molecule has 0 bridgehead atoms. The average Bonchev–Trinajstić information content (AvgIpc) is 2.44. The van der Waals surface area contributed by atoms with Crippen LogP contribution in [0.15, 0.2) is 0 Å². The first-order valence-corrected chi connectivity index (χ1v) is 7.97. The third-order valence-corrected chi connectivity index (χ3v) is 3.78. The van der Waals surface area contributed by atoms with Crippen molar-refractivity contribution in [1.82, 2.24) is 14.7 Å². The minimum absolute atomic E-state index is 0.931. The fraction of sp³-hybridized carbons (Fsp3) is 1.00. The highest BCUT2D eigenvalue weighted by Crippen LogP contribution is 1.99. The maximum atomic E-state index is 5.20. The maximum Gasteiger partial charge on any atom is 0.0594 e. The third kappa shape index (κ3) is 7.88. The van der Waals surface area contributed by atoms with Crippen LogP contribution in [0.2, 0.25) is 0 Å². The van der Waals surface area contributed by atoms with Crippen molar-refractivity contribution in [2.24, 2.45) is 0 Å². The second kappa shape index (κ2) is 10.6. The normalized spacial score (nSPS) is 22.9. The standard InChI is InChI=1S/C8H18N2.C7H15NO/c1-3-4-10-7-5-9(2)6-8-10;1-2-3-8-4-6-9-7-5-8/h3-8H2,1-2H3;2-7H2,1H3. The molecule has 0 unspecified atom stereocenters. The molecule has 0 spiro atoms. The number of hydrogen-bond donors (Lipinski definition) is 0. The summed E-state index contributed by atoms with van der Waals surface area (Å²) in [6.07, 6.45) is 2.56. The van der Waals surface area contributed by atoms with Crippen molar-refractivity contribution in [2.45, 2.75) is 26.7 Å². The molecule has 2 aliphatic rings. The van der Waals surface area contributed by atoms with Gasteiger partial charge in [-0.1, -0.05) is 13.8 Å². The molecule has 114 valence electrons. The summed E-state index contributed by atoms with van der Waals surface area (Å²) in [7, 11) is 2.20. The molecule has 0 aromatic heterocycles. The van der Waals surface area contributed by atoms with E-state index in [1.165, 1.54) is 52.1 Å². The van der Waals surface area contributed by atoms with Crippen molar-refractivity contribution < 1.29 is 4.74 Å². The molecule has 2 rings (SSSR count). The van der Waals surface area contributed by atoms with Crippen LogP contribution in [0.1, 0.15) is 26.7 Å². The second-order valence-electron chi connectivity index (χ2n) is 5.60. The van der Waals surface area contributed by atoms with E-state index in [0.717, 1.165) is 26.3 Å². The zero-order valence-corrected chi connectivity index (χ0v) is 13.2. The minimum atomic E-state index is 0.931. The Hall–Kier alpha value is -0.160. The topological polar surface area (TPSA) is 19.0 Å². The van der Waals surface area contributed by atoms with E-state index in [0.29, 0.717) is 0 Å². The average molecular weight is 271 g/mol. The third-order valence-electron chi connectivity index (χ3n) is 3.78. The van der Waals surface area contributed by atoms with Gasteiger partial charge in [-0.2, -0.15) is 0 Å². The molecular weight excluding hydrogens is 238 g/mol. The van der Waals surface area contributed by atoms with Crippen LogP contribution in [0.3, 0.4) is 0 Å². The predicted octanol–water partition coefficient (Wildman–Crippen LogP) is 1.37. The van der Waals surface area contributed by atoms with Gasteiger partial charge in [0, 0.05) is 39.3 Å². The molecule has 4 heteroatoms. The SMILES string of the molecule is CCCN1CCN(C)CC1.CCCN1CCOCC1. The number of morpholine rings is 1. The molecule has 2 saturated heterocycles. The lowest BCUT2D eigenvalue weighted by atomic mass is 10.3. The number of ether oxygens (including phenoxy) is 1. The van der Waals surface area contributed by atoms with Gasteiger partial charge in [-0.25, -0.2) is 0 Å². The molecule has 0 N–H and O–H groups in total. The summed E-state index contributed by atoms with van der Waals surface area (Å²) in [6.45, 7) is 16.2. The van der Waals surface area contributed by atoms with E-state index >= 15 is 0 Å². The van der Waals surface area contributed by atoms with Crippen LogP contribution in [0.5, 0.6) is 0 Å². The second-order valence-corrected chi connectivity index (χ2v) is 5.60. The first-order chi connectivity index (χ1) is 9.26. The van der Waals surface area contributed by atoms with E-state index < -0.39 is 0 Å². The highest BCUT2D eigenvalue weighted by molar-refractivity contribution is 4.68. The lowest BCUT2D eigenvalue weighted by molar-refractivity contribution is 0.0380. The number of rotatable bonds is 4. The van der Waals surface area contributed by atoms with E-state index in [1.807, 2.05) is 0 Å². The van der Waals surface area contributed by atoms with Crippen molar-refractivity contribution in [3.8, 4) is 0 Å². The molecular formula is C15H33N3O. The van der Waals surface area contributed by atoms with Gasteiger partial charge in [-0.3, -0.25) is 4.90 Å². The largest absolute Gasteiger partial charge is 0.379 e. The zero-order chi connectivity index (χ0) is 13.9. The van der Waals surface area contributed by atoms with E-state index in [4.69, 9.17) is 4.74 Å². The Morgan fingerprint density at radius 3 is 1.68 bits per heavy atom. The number of nitrogens with zero attached hydrogens (tertiary/aromatic N) is 3. The van der Waals surface area contributed by atoms with Gasteiger partial charge in [0.25, 0.3) is 0 Å². The summed E-state index contributed by atoms with van der Waals surface area (Å²) < 4.78 is 5.20. The van der Waals surface area contributed by atoms with Crippen LogP contribution in [0.4, 0.5) is 0 Å². The smallest absolute Gasteiger partial charge is 0.0594 e. The molecule has 0 aromatic carbocycles. The predicted molar refractivity (Wildman–Crippen MR) is 81.8 cm³/mol. The van der Waals surface area contributed by atoms with Crippen LogP contribution in [0, 0.1) is 0 Å². The van der Waals surface area contributed by atoms with Gasteiger partial charge in [0.15, 0.2) is 0 Å². The Labute approximate surface area is 119 Å². The molecule has 2 fully saturated rings. The molecule has 2 aliphatic heterocycles. The molecule has 0 amide bonds. The first kappa shape index (κ1) is 16.9. The highest BCUT2D eigenvalue weighted by atomic mass is 16.5. The molecule has 4 nitrogen and oxygen atoms in total. The Morgan fingerprint density at radius 2 is 1.21 bits per heavy atom. The van der Waals surface area contributed by atoms with E-state index in [2.05, 4.69) is 35.6 Å². The number of likely N-dealkylation sites (N-methyl/N-ethyl adjacent to an activating group) is 1. The molecule has 0 saturated carbocycles. The fourth-order valence-electron chi connectivity index (χ4n) is 2.53. The van der Waals surface area contributed by atoms with Crippen LogP contribution in [0.25, 0.3) is 0 Å². The first-order valence-electron chi connectivity index (χ1n) is 7.97. The molecule has 0 aromatic rings. The molecule has 2 heterocycles. The maximum absolute atomic E-state index is 5.20. The van der Waals surface area contributed by atoms with Gasteiger partial charge in [-0.15, -0.1) is 0 Å². The van der Waals surface area contributed by atoms with Crippen molar-refractivity contribution >= 4 is 0 Å². The van der Waals surface area contributed by atoms with Gasteiger partial charge >= 0.3 is 0 Å². The van der Waals surface area contributed by atoms with Crippen LogP contribution < -0.4 is 0 Å². The monoisotopic (exact) mass is 271 g/mol. The number of piperazine rings is 1. The van der Waals surface area contributed by atoms with Crippen molar-refractivity contribution in [3.63, 3.8) is 0 Å². The molecule has 0 atom stereocenters. The zero-order valence-electron chi connectivity index (χ0n) is 13.2. The van der Waals surface area contributed by atoms with Gasteiger partial charge in [0.2, 0.25) is 0 Å². The molecule has 0 aliphatic carbocycles. The minimum Gasteiger partial charge on any atom is -0.379 e. The summed E-state index contributed by atoms with van der Waals surface area (Å²) in [4.78, 5) is 7.38. The lowest BCUT2D eigenvalue weighted by Gasteiger charge is -2.31. The fourth-order valence-corrected chi connectivity index (χ4v) is 2.53. The Kier molecular flexibility index (Phi) is 9.43. The Morgan fingerprint density at radius 1 is 0.737 bits per heavy atom. The van der Waals surface area contributed by atoms with E-state index in [1.54, 1.807) is 0 Å². The Bertz CT molecular complexity index is 197. The summed E-state index contributed by atoms with van der Waals surface area (Å²) in [6, 6.07) is 0. The van der Waals surface area contributed by atoms with Crippen LogP contribution >= 0.6 is 0 Å². The van der Waals surface area contributed by atoms with E-state index in [9.17, 15) is 0 Å². The van der Waals surface area contributed by atoms with E-state index in [-0.39, 0.29) is 0 Å². The van der Waals surface area contributed by atoms with Crippen LogP contribution in [-0.2, 0) is 4.74 Å². The van der Waals surface area contributed by atoms with Gasteiger partial charge in [0.1, 0.15) is 0 Å². The molecule has 0 radical (unpaired) electrons. The van der Waals surface area contributed by atoms with Crippen molar-refractivity contribution in [1.29, 1.82) is 0 Å². The molecule has 19 heavy (non-hydrogen) atoms. The summed E-state index contributed by atoms with van der Waals surface area (Å²) in [5.74, 6) is 0. The summed E-state index contributed by atoms with van der Waals surface area (Å²) in [5, 5.41) is 0. The van der Waals surface area contributed by atoms with Gasteiger partial charge < -0.3 is 14.5 Å². The summed E-state index contributed by atoms with van der Waals surface area (Å²) >= 11 is 0. The van der Waals surface area contributed by atoms with Crippen LogP contribution in [-0.4, -0.2) is 87.3 Å². The van der Waals surface area contributed by atoms with Gasteiger partial charge in [-0.05, 0) is 33.0 Å².